The van der Waals surface area contributed by atoms with Crippen molar-refractivity contribution in [2.75, 3.05) is 6.54 Å². The van der Waals surface area contributed by atoms with Crippen molar-refractivity contribution in [2.45, 2.75) is 83.5 Å². The van der Waals surface area contributed by atoms with Crippen molar-refractivity contribution >= 4 is 24.0 Å². The number of nitrogens with zero attached hydrogens (tertiary/aromatic N) is 1. The highest BCUT2D eigenvalue weighted by Crippen LogP contribution is 2.25. The molecule has 0 spiro atoms. The zero-order valence-corrected chi connectivity index (χ0v) is 23.5. The average Bonchev–Trinajstić information content (AvgIpc) is 3.41. The van der Waals surface area contributed by atoms with Crippen LogP contribution in [0.3, 0.4) is 0 Å². The summed E-state index contributed by atoms with van der Waals surface area (Å²) in [6.07, 6.45) is 1.63. The number of nitrogens with one attached hydrogen (secondary N) is 3. The first-order chi connectivity index (χ1) is 19.3. The normalized spacial score (nSPS) is 21.8. The van der Waals surface area contributed by atoms with Gasteiger partial charge in [0.1, 0.15) is 18.4 Å². The molecular weight excluding hydrogens is 508 g/mol. The lowest BCUT2D eigenvalue weighted by Crippen LogP contribution is -2.58. The molecule has 0 bridgehead atoms. The molecule has 9 nitrogen and oxygen atoms in total. The van der Waals surface area contributed by atoms with Crippen molar-refractivity contribution in [3.05, 3.63) is 71.3 Å². The van der Waals surface area contributed by atoms with Gasteiger partial charge in [-0.3, -0.25) is 14.4 Å². The van der Waals surface area contributed by atoms with Crippen molar-refractivity contribution in [3.63, 3.8) is 0 Å². The number of hydrogen-bond acceptors (Lipinski definition) is 6. The molecule has 3 amide bonds. The van der Waals surface area contributed by atoms with Crippen LogP contribution in [-0.2, 0) is 43.5 Å². The van der Waals surface area contributed by atoms with Crippen LogP contribution >= 0.6 is 0 Å². The van der Waals surface area contributed by atoms with Gasteiger partial charge in [-0.15, -0.1) is 0 Å². The predicted molar refractivity (Wildman–Crippen MR) is 151 cm³/mol. The third kappa shape index (κ3) is 7.14. The van der Waals surface area contributed by atoms with Crippen molar-refractivity contribution in [1.82, 2.24) is 20.9 Å². The molecule has 40 heavy (non-hydrogen) atoms. The number of amides is 3. The molecule has 1 fully saturated rings. The van der Waals surface area contributed by atoms with Gasteiger partial charge in [-0.2, -0.15) is 0 Å². The van der Waals surface area contributed by atoms with Crippen LogP contribution < -0.4 is 16.0 Å². The highest BCUT2D eigenvalue weighted by molar-refractivity contribution is 5.94. The smallest absolute Gasteiger partial charge is 0.246 e. The third-order valence-corrected chi connectivity index (χ3v) is 7.74. The Morgan fingerprint density at radius 3 is 2.40 bits per heavy atom. The van der Waals surface area contributed by atoms with Crippen LogP contribution in [0.25, 0.3) is 0 Å². The third-order valence-electron chi connectivity index (χ3n) is 7.74. The number of ether oxygens (including phenoxy) is 1. The quantitative estimate of drug-likeness (QED) is 0.371. The van der Waals surface area contributed by atoms with E-state index in [0.29, 0.717) is 38.7 Å². The predicted octanol–water partition coefficient (Wildman–Crippen LogP) is 2.12. The highest BCUT2D eigenvalue weighted by Gasteiger charge is 2.44. The molecule has 0 saturated carbocycles. The Balaban J connectivity index is 1.47. The minimum absolute atomic E-state index is 0.210. The van der Waals surface area contributed by atoms with Gasteiger partial charge in [0, 0.05) is 19.5 Å². The molecule has 214 valence electrons. The van der Waals surface area contributed by atoms with E-state index in [-0.39, 0.29) is 30.4 Å². The van der Waals surface area contributed by atoms with Crippen LogP contribution in [0.4, 0.5) is 0 Å². The minimum Gasteiger partial charge on any atom is -0.372 e. The van der Waals surface area contributed by atoms with Crippen molar-refractivity contribution in [2.24, 2.45) is 5.92 Å². The lowest BCUT2D eigenvalue weighted by Gasteiger charge is -2.32. The summed E-state index contributed by atoms with van der Waals surface area (Å²) in [6, 6.07) is 15.0. The van der Waals surface area contributed by atoms with Gasteiger partial charge in [-0.1, -0.05) is 75.4 Å². The van der Waals surface area contributed by atoms with E-state index in [9.17, 15) is 19.2 Å². The molecule has 9 heteroatoms. The molecule has 2 aliphatic heterocycles. The van der Waals surface area contributed by atoms with Crippen LogP contribution in [0.1, 0.15) is 50.3 Å². The van der Waals surface area contributed by atoms with E-state index in [0.717, 1.165) is 16.7 Å². The van der Waals surface area contributed by atoms with Crippen LogP contribution in [0, 0.1) is 5.92 Å². The van der Waals surface area contributed by atoms with Crippen molar-refractivity contribution in [1.29, 1.82) is 0 Å². The SMILES string of the molecule is CC[C@@H](C=O)NC(=O)[C@@H]1C[C@@H](OCc2ccccc2)CN1C(=O)[C@@H](NC(=O)C1Cc2ccccc2CN1)C(C)C. The Hall–Kier alpha value is -3.56. The molecule has 1 saturated heterocycles. The van der Waals surface area contributed by atoms with Crippen LogP contribution in [-0.4, -0.2) is 65.7 Å². The fourth-order valence-electron chi connectivity index (χ4n) is 5.30. The molecule has 5 atom stereocenters. The van der Waals surface area contributed by atoms with E-state index in [1.54, 1.807) is 0 Å². The monoisotopic (exact) mass is 548 g/mol. The molecule has 0 radical (unpaired) electrons. The summed E-state index contributed by atoms with van der Waals surface area (Å²) in [5, 5.41) is 9.00. The number of carbonyl (C=O) groups excluding carboxylic acids is 4. The van der Waals surface area contributed by atoms with E-state index >= 15 is 0 Å². The Morgan fingerprint density at radius 2 is 1.73 bits per heavy atom. The number of rotatable bonds is 11. The Morgan fingerprint density at radius 1 is 1.02 bits per heavy atom. The first-order valence-corrected chi connectivity index (χ1v) is 14.1. The number of fused-ring (bicyclic) bond motifs is 1. The van der Waals surface area contributed by atoms with E-state index in [1.807, 2.05) is 75.4 Å². The number of likely N-dealkylation sites (tertiary alicyclic amines) is 1. The summed E-state index contributed by atoms with van der Waals surface area (Å²) in [6.45, 7) is 6.72. The van der Waals surface area contributed by atoms with Gasteiger partial charge >= 0.3 is 0 Å². The van der Waals surface area contributed by atoms with Gasteiger partial charge in [0.2, 0.25) is 17.7 Å². The number of aldehydes is 1. The summed E-state index contributed by atoms with van der Waals surface area (Å²) in [5.41, 5.74) is 3.27. The second-order valence-corrected chi connectivity index (χ2v) is 11.0. The van der Waals surface area contributed by atoms with Gasteiger partial charge in [-0.25, -0.2) is 0 Å². The molecule has 2 aromatic carbocycles. The molecular formula is C31H40N4O5. The molecule has 4 rings (SSSR count). The molecule has 2 aromatic rings. The highest BCUT2D eigenvalue weighted by atomic mass is 16.5. The summed E-state index contributed by atoms with van der Waals surface area (Å²) >= 11 is 0. The lowest BCUT2D eigenvalue weighted by molar-refractivity contribution is -0.143. The first-order valence-electron chi connectivity index (χ1n) is 14.1. The zero-order chi connectivity index (χ0) is 28.6. The fraction of sp³-hybridized carbons (Fsp3) is 0.484. The van der Waals surface area contributed by atoms with Gasteiger partial charge in [-0.05, 0) is 35.4 Å². The zero-order valence-electron chi connectivity index (χ0n) is 23.5. The van der Waals surface area contributed by atoms with Crippen LogP contribution in [0.5, 0.6) is 0 Å². The molecule has 1 unspecified atom stereocenters. The second kappa shape index (κ2) is 13.7. The Kier molecular flexibility index (Phi) is 10.1. The number of hydrogen-bond donors (Lipinski definition) is 3. The largest absolute Gasteiger partial charge is 0.372 e. The summed E-state index contributed by atoms with van der Waals surface area (Å²) in [7, 11) is 0. The standard InChI is InChI=1S/C31H40N4O5/c1-4-24(18-36)33-30(38)27-15-25(40-19-21-10-6-5-7-11-21)17-35(27)31(39)28(20(2)3)34-29(37)26-14-22-12-8-9-13-23(22)16-32-26/h5-13,18,20,24-28,32H,4,14-17,19H2,1-3H3,(H,33,38)(H,34,37)/t24-,25+,26?,27-,28-/m0/s1. The molecule has 3 N–H and O–H groups in total. The lowest BCUT2D eigenvalue weighted by atomic mass is 9.94. The first kappa shape index (κ1) is 29.4. The van der Waals surface area contributed by atoms with Crippen LogP contribution in [0.15, 0.2) is 54.6 Å². The molecule has 2 heterocycles. The van der Waals surface area contributed by atoms with E-state index in [4.69, 9.17) is 4.74 Å². The van der Waals surface area contributed by atoms with E-state index < -0.39 is 30.1 Å². The number of benzene rings is 2. The van der Waals surface area contributed by atoms with E-state index in [2.05, 4.69) is 16.0 Å². The summed E-state index contributed by atoms with van der Waals surface area (Å²) < 4.78 is 6.12. The minimum atomic E-state index is -0.817. The van der Waals surface area contributed by atoms with Gasteiger partial charge in [0.25, 0.3) is 0 Å². The molecule has 2 aliphatic rings. The fourth-order valence-corrected chi connectivity index (χ4v) is 5.30. The molecule has 0 aromatic heterocycles. The van der Waals surface area contributed by atoms with Crippen molar-refractivity contribution < 1.29 is 23.9 Å². The van der Waals surface area contributed by atoms with Gasteiger partial charge in [0.15, 0.2) is 0 Å². The van der Waals surface area contributed by atoms with Gasteiger partial charge in [0.05, 0.1) is 24.8 Å². The van der Waals surface area contributed by atoms with Crippen LogP contribution in [0.2, 0.25) is 0 Å². The van der Waals surface area contributed by atoms with Gasteiger partial charge < -0.3 is 30.4 Å². The maximum Gasteiger partial charge on any atom is 0.246 e. The molecule has 0 aliphatic carbocycles. The topological polar surface area (TPSA) is 117 Å². The Bertz CT molecular complexity index is 1190. The maximum absolute atomic E-state index is 13.9. The maximum atomic E-state index is 13.9. The van der Waals surface area contributed by atoms with Crippen molar-refractivity contribution in [3.8, 4) is 0 Å². The summed E-state index contributed by atoms with van der Waals surface area (Å²) in [5.74, 6) is -1.17. The summed E-state index contributed by atoms with van der Waals surface area (Å²) in [4.78, 5) is 53.4. The number of carbonyl (C=O) groups is 4. The average molecular weight is 549 g/mol. The Labute approximate surface area is 236 Å². The van der Waals surface area contributed by atoms with E-state index in [1.165, 1.54) is 4.90 Å². The second-order valence-electron chi connectivity index (χ2n) is 11.0.